The zero-order valence-corrected chi connectivity index (χ0v) is 10.6. The second-order valence-corrected chi connectivity index (χ2v) is 7.23. The summed E-state index contributed by atoms with van der Waals surface area (Å²) in [6, 6.07) is 7.40. The Bertz CT molecular complexity index is 345. The van der Waals surface area contributed by atoms with E-state index < -0.39 is 0 Å². The first-order valence-electron chi connectivity index (χ1n) is 5.80. The fourth-order valence-electron chi connectivity index (χ4n) is 2.15. The van der Waals surface area contributed by atoms with Gasteiger partial charge in [-0.05, 0) is 18.3 Å². The zero-order chi connectivity index (χ0) is 11.6. The molecule has 1 aliphatic heterocycles. The van der Waals surface area contributed by atoms with Crippen LogP contribution in [0.5, 0.6) is 0 Å². The Labute approximate surface area is 98.2 Å². The molecule has 1 saturated heterocycles. The number of hydrogen-bond donors (Lipinski definition) is 1. The Morgan fingerprint density at radius 1 is 1.25 bits per heavy atom. The minimum absolute atomic E-state index is 0.135. The van der Waals surface area contributed by atoms with Crippen LogP contribution in [-0.2, 0) is 0 Å². The third-order valence-electron chi connectivity index (χ3n) is 3.37. The first-order chi connectivity index (χ1) is 7.64. The van der Waals surface area contributed by atoms with Crippen LogP contribution in [0.2, 0.25) is 0 Å². The summed E-state index contributed by atoms with van der Waals surface area (Å²) >= 11 is 0. The van der Waals surface area contributed by atoms with Gasteiger partial charge in [-0.2, -0.15) is 0 Å². The van der Waals surface area contributed by atoms with E-state index in [-0.39, 0.29) is 12.6 Å². The highest BCUT2D eigenvalue weighted by atomic mass is 31.1. The van der Waals surface area contributed by atoms with E-state index in [0.29, 0.717) is 0 Å². The van der Waals surface area contributed by atoms with Crippen LogP contribution in [0.4, 0.5) is 11.4 Å². The SMILES string of the molecule is CCP1CC[N+]([O-])(c2ccc(N)cc2)CC1. The second kappa shape index (κ2) is 4.70. The molecule has 0 unspecified atom stereocenters. The van der Waals surface area contributed by atoms with Crippen LogP contribution >= 0.6 is 7.92 Å². The summed E-state index contributed by atoms with van der Waals surface area (Å²) < 4.78 is -0.154. The maximum atomic E-state index is 12.6. The van der Waals surface area contributed by atoms with Gasteiger partial charge in [0.05, 0.1) is 13.1 Å². The molecular formula is C12H19N2OP. The minimum atomic E-state index is -0.154. The van der Waals surface area contributed by atoms with Crippen molar-refractivity contribution in [3.8, 4) is 0 Å². The summed E-state index contributed by atoms with van der Waals surface area (Å²) in [6.07, 6.45) is 3.48. The predicted molar refractivity (Wildman–Crippen MR) is 72.9 cm³/mol. The number of hydroxylamine groups is 2. The van der Waals surface area contributed by atoms with Crippen LogP contribution < -0.4 is 10.4 Å². The summed E-state index contributed by atoms with van der Waals surface area (Å²) in [7, 11) is 0.135. The van der Waals surface area contributed by atoms with Crippen LogP contribution in [-0.4, -0.2) is 31.6 Å². The van der Waals surface area contributed by atoms with Gasteiger partial charge >= 0.3 is 0 Å². The average molecular weight is 238 g/mol. The van der Waals surface area contributed by atoms with E-state index in [4.69, 9.17) is 5.73 Å². The molecule has 0 saturated carbocycles. The van der Waals surface area contributed by atoms with Gasteiger partial charge in [0.25, 0.3) is 0 Å². The number of nitrogen functional groups attached to an aromatic ring is 1. The summed E-state index contributed by atoms with van der Waals surface area (Å²) in [6.45, 7) is 3.71. The van der Waals surface area contributed by atoms with Crippen molar-refractivity contribution in [3.05, 3.63) is 29.5 Å². The zero-order valence-electron chi connectivity index (χ0n) is 9.72. The largest absolute Gasteiger partial charge is 0.627 e. The standard InChI is InChI=1S/C12H19N2OP/c1-2-16-9-7-14(15,8-10-16)12-5-3-11(13)4-6-12/h3-6H,2,7-10,13H2,1H3. The Morgan fingerprint density at radius 3 is 2.31 bits per heavy atom. The molecule has 0 aromatic heterocycles. The fraction of sp³-hybridized carbons (Fsp3) is 0.500. The molecule has 0 radical (unpaired) electrons. The van der Waals surface area contributed by atoms with Crippen molar-refractivity contribution in [2.45, 2.75) is 6.92 Å². The normalized spacial score (nSPS) is 30.2. The fourth-order valence-corrected chi connectivity index (χ4v) is 4.22. The molecule has 0 bridgehead atoms. The smallest absolute Gasteiger partial charge is 0.133 e. The molecule has 2 rings (SSSR count). The second-order valence-electron chi connectivity index (χ2n) is 4.36. The van der Waals surface area contributed by atoms with Gasteiger partial charge < -0.3 is 15.6 Å². The van der Waals surface area contributed by atoms with Gasteiger partial charge in [0.15, 0.2) is 0 Å². The maximum absolute atomic E-state index is 12.6. The van der Waals surface area contributed by atoms with Crippen molar-refractivity contribution in [1.29, 1.82) is 0 Å². The maximum Gasteiger partial charge on any atom is 0.133 e. The first kappa shape index (κ1) is 11.8. The number of quaternary nitrogens is 1. The van der Waals surface area contributed by atoms with Crippen molar-refractivity contribution in [2.24, 2.45) is 0 Å². The van der Waals surface area contributed by atoms with E-state index in [1.807, 2.05) is 24.3 Å². The Morgan fingerprint density at radius 2 is 1.81 bits per heavy atom. The lowest BCUT2D eigenvalue weighted by Gasteiger charge is -2.46. The highest BCUT2D eigenvalue weighted by Gasteiger charge is 2.27. The van der Waals surface area contributed by atoms with Crippen LogP contribution in [0.15, 0.2) is 24.3 Å². The summed E-state index contributed by atoms with van der Waals surface area (Å²) in [5.41, 5.74) is 7.22. The van der Waals surface area contributed by atoms with E-state index in [2.05, 4.69) is 6.92 Å². The highest BCUT2D eigenvalue weighted by Crippen LogP contribution is 2.40. The number of anilines is 1. The van der Waals surface area contributed by atoms with E-state index in [9.17, 15) is 5.21 Å². The van der Waals surface area contributed by atoms with E-state index in [1.165, 1.54) is 6.16 Å². The summed E-state index contributed by atoms with van der Waals surface area (Å²) in [5.74, 6) is 0. The molecule has 88 valence electrons. The van der Waals surface area contributed by atoms with Crippen LogP contribution in [0.1, 0.15) is 6.92 Å². The molecule has 0 aliphatic carbocycles. The van der Waals surface area contributed by atoms with Gasteiger partial charge in [-0.3, -0.25) is 0 Å². The van der Waals surface area contributed by atoms with Crippen molar-refractivity contribution in [2.75, 3.05) is 37.3 Å². The summed E-state index contributed by atoms with van der Waals surface area (Å²) in [4.78, 5) is 0. The van der Waals surface area contributed by atoms with E-state index >= 15 is 0 Å². The first-order valence-corrected chi connectivity index (χ1v) is 7.70. The van der Waals surface area contributed by atoms with Crippen LogP contribution in [0.3, 0.4) is 0 Å². The molecule has 4 heteroatoms. The van der Waals surface area contributed by atoms with Gasteiger partial charge in [0.2, 0.25) is 0 Å². The number of benzene rings is 1. The van der Waals surface area contributed by atoms with Gasteiger partial charge in [-0.1, -0.05) is 14.8 Å². The van der Waals surface area contributed by atoms with E-state index in [0.717, 1.165) is 36.8 Å². The molecule has 0 amide bonds. The number of nitrogens with two attached hydrogens (primary N) is 1. The monoisotopic (exact) mass is 238 g/mol. The van der Waals surface area contributed by atoms with Crippen LogP contribution in [0, 0.1) is 5.21 Å². The van der Waals surface area contributed by atoms with Gasteiger partial charge in [-0.25, -0.2) is 0 Å². The van der Waals surface area contributed by atoms with Crippen molar-refractivity contribution in [3.63, 3.8) is 0 Å². The van der Waals surface area contributed by atoms with Crippen molar-refractivity contribution < 1.29 is 0 Å². The molecule has 3 nitrogen and oxygen atoms in total. The quantitative estimate of drug-likeness (QED) is 0.372. The molecule has 1 aromatic carbocycles. The Balaban J connectivity index is 2.11. The Kier molecular flexibility index (Phi) is 3.48. The van der Waals surface area contributed by atoms with Gasteiger partial charge in [0.1, 0.15) is 5.69 Å². The van der Waals surface area contributed by atoms with Crippen molar-refractivity contribution in [1.82, 2.24) is 4.65 Å². The lowest BCUT2D eigenvalue weighted by Crippen LogP contribution is -2.50. The molecule has 1 heterocycles. The van der Waals surface area contributed by atoms with E-state index in [1.54, 1.807) is 0 Å². The van der Waals surface area contributed by atoms with Gasteiger partial charge in [-0.15, -0.1) is 0 Å². The van der Waals surface area contributed by atoms with Crippen LogP contribution in [0.25, 0.3) is 0 Å². The third-order valence-corrected chi connectivity index (χ3v) is 5.93. The molecule has 1 aromatic rings. The molecule has 0 atom stereocenters. The number of nitrogens with zero attached hydrogens (tertiary/aromatic N) is 1. The topological polar surface area (TPSA) is 49.1 Å². The number of rotatable bonds is 2. The highest BCUT2D eigenvalue weighted by molar-refractivity contribution is 7.57. The number of hydrogen-bond acceptors (Lipinski definition) is 2. The molecule has 1 aliphatic rings. The molecular weight excluding hydrogens is 219 g/mol. The average Bonchev–Trinajstić information content (AvgIpc) is 2.31. The summed E-state index contributed by atoms with van der Waals surface area (Å²) in [5, 5.41) is 12.6. The van der Waals surface area contributed by atoms with Gasteiger partial charge in [0, 0.05) is 30.1 Å². The lowest BCUT2D eigenvalue weighted by molar-refractivity contribution is 0.404. The lowest BCUT2D eigenvalue weighted by atomic mass is 10.2. The molecule has 1 fully saturated rings. The minimum Gasteiger partial charge on any atom is -0.627 e. The molecule has 16 heavy (non-hydrogen) atoms. The Hall–Kier alpha value is -0.630. The predicted octanol–water partition coefficient (Wildman–Crippen LogP) is 2.59. The molecule has 0 spiro atoms. The van der Waals surface area contributed by atoms with Crippen molar-refractivity contribution >= 4 is 19.3 Å². The third kappa shape index (κ3) is 2.37. The molecule has 2 N–H and O–H groups in total.